The van der Waals surface area contributed by atoms with E-state index in [4.69, 9.17) is 0 Å². The van der Waals surface area contributed by atoms with Crippen LogP contribution in [-0.4, -0.2) is 5.78 Å². The molecule has 2 aromatic rings. The average Bonchev–Trinajstić information content (AvgIpc) is 2.43. The van der Waals surface area contributed by atoms with Gasteiger partial charge in [-0.25, -0.2) is 4.39 Å². The minimum Gasteiger partial charge on any atom is -0.286 e. The van der Waals surface area contributed by atoms with E-state index in [2.05, 4.69) is 13.0 Å². The van der Waals surface area contributed by atoms with Crippen LogP contribution in [0.25, 0.3) is 16.8 Å². The van der Waals surface area contributed by atoms with Crippen molar-refractivity contribution in [2.24, 2.45) is 0 Å². The predicted molar refractivity (Wildman–Crippen MR) is 76.0 cm³/mol. The highest BCUT2D eigenvalue weighted by Gasteiger charge is 2.22. The molecule has 0 bridgehead atoms. The molecule has 1 nitrogen and oxygen atoms in total. The molecule has 0 fully saturated rings. The standard InChI is InChI=1S/C17H15FO/c1-2-3-5-11-8-9-12-10-15(18)17(19)14-7-4-6-13(11)16(12)14/h4,6-10H,2-3,5H2,1H3. The van der Waals surface area contributed by atoms with Crippen LogP contribution in [0, 0.1) is 0 Å². The lowest BCUT2D eigenvalue weighted by Gasteiger charge is -2.15. The molecule has 96 valence electrons. The zero-order valence-electron chi connectivity index (χ0n) is 10.9. The van der Waals surface area contributed by atoms with E-state index in [0.29, 0.717) is 5.56 Å². The minimum absolute atomic E-state index is 0.492. The molecule has 1 aliphatic carbocycles. The number of unbranched alkanes of at least 4 members (excludes halogenated alkanes) is 1. The van der Waals surface area contributed by atoms with Gasteiger partial charge in [0.15, 0.2) is 5.83 Å². The molecule has 0 heterocycles. The fourth-order valence-corrected chi connectivity index (χ4v) is 2.72. The third kappa shape index (κ3) is 1.88. The second kappa shape index (κ2) is 4.61. The second-order valence-electron chi connectivity index (χ2n) is 4.97. The minimum atomic E-state index is -0.665. The number of hydrogen-bond acceptors (Lipinski definition) is 1. The quantitative estimate of drug-likeness (QED) is 0.776. The van der Waals surface area contributed by atoms with Crippen molar-refractivity contribution < 1.29 is 9.18 Å². The van der Waals surface area contributed by atoms with E-state index >= 15 is 0 Å². The van der Waals surface area contributed by atoms with Gasteiger partial charge in [0.1, 0.15) is 0 Å². The van der Waals surface area contributed by atoms with Gasteiger partial charge in [-0.3, -0.25) is 4.79 Å². The number of carbonyl (C=O) groups is 1. The summed E-state index contributed by atoms with van der Waals surface area (Å²) in [4.78, 5) is 11.9. The SMILES string of the molecule is CCCCc1ccc2c3c(cccc13)C(=O)C(F)=C2. The number of carbonyl (C=O) groups excluding carboxylic acids is 1. The predicted octanol–water partition coefficient (Wildman–Crippen LogP) is 4.69. The lowest BCUT2D eigenvalue weighted by Crippen LogP contribution is -2.06. The van der Waals surface area contributed by atoms with E-state index in [0.717, 1.165) is 35.6 Å². The van der Waals surface area contributed by atoms with Crippen LogP contribution >= 0.6 is 0 Å². The first-order valence-electron chi connectivity index (χ1n) is 6.69. The molecule has 0 radical (unpaired) electrons. The second-order valence-corrected chi connectivity index (χ2v) is 4.97. The summed E-state index contributed by atoms with van der Waals surface area (Å²) in [6, 6.07) is 9.55. The molecule has 2 heteroatoms. The first kappa shape index (κ1) is 12.1. The normalized spacial score (nSPS) is 13.8. The van der Waals surface area contributed by atoms with Gasteiger partial charge in [0.2, 0.25) is 5.78 Å². The fourth-order valence-electron chi connectivity index (χ4n) is 2.72. The molecule has 0 unspecified atom stereocenters. The molecule has 0 atom stereocenters. The molecule has 0 N–H and O–H groups in total. The smallest absolute Gasteiger partial charge is 0.222 e. The van der Waals surface area contributed by atoms with Crippen LogP contribution < -0.4 is 0 Å². The Morgan fingerprint density at radius 1 is 1.16 bits per heavy atom. The molecule has 0 aromatic heterocycles. The molecule has 19 heavy (non-hydrogen) atoms. The summed E-state index contributed by atoms with van der Waals surface area (Å²) < 4.78 is 13.6. The molecule has 0 saturated heterocycles. The highest BCUT2D eigenvalue weighted by molar-refractivity contribution is 6.22. The van der Waals surface area contributed by atoms with Gasteiger partial charge in [-0.1, -0.05) is 43.7 Å². The van der Waals surface area contributed by atoms with Crippen molar-refractivity contribution in [1.29, 1.82) is 0 Å². The molecule has 1 aliphatic rings. The summed E-state index contributed by atoms with van der Waals surface area (Å²) >= 11 is 0. The van der Waals surface area contributed by atoms with Crippen molar-refractivity contribution in [3.05, 3.63) is 52.8 Å². The topological polar surface area (TPSA) is 17.1 Å². The van der Waals surface area contributed by atoms with Crippen LogP contribution in [0.5, 0.6) is 0 Å². The number of aryl methyl sites for hydroxylation is 1. The van der Waals surface area contributed by atoms with E-state index in [9.17, 15) is 9.18 Å². The maximum atomic E-state index is 13.6. The van der Waals surface area contributed by atoms with Crippen LogP contribution in [-0.2, 0) is 6.42 Å². The Morgan fingerprint density at radius 2 is 2.00 bits per heavy atom. The van der Waals surface area contributed by atoms with Gasteiger partial charge in [-0.2, -0.15) is 0 Å². The lowest BCUT2D eigenvalue weighted by atomic mass is 9.88. The summed E-state index contributed by atoms with van der Waals surface area (Å²) in [7, 11) is 0. The van der Waals surface area contributed by atoms with Crippen LogP contribution in [0.1, 0.15) is 41.3 Å². The zero-order chi connectivity index (χ0) is 13.4. The van der Waals surface area contributed by atoms with Crippen molar-refractivity contribution in [2.45, 2.75) is 26.2 Å². The molecular weight excluding hydrogens is 239 g/mol. The summed E-state index contributed by atoms with van der Waals surface area (Å²) in [5, 5.41) is 1.99. The van der Waals surface area contributed by atoms with Crippen molar-refractivity contribution in [3.63, 3.8) is 0 Å². The zero-order valence-corrected chi connectivity index (χ0v) is 10.9. The van der Waals surface area contributed by atoms with Crippen LogP contribution in [0.15, 0.2) is 36.2 Å². The highest BCUT2D eigenvalue weighted by Crippen LogP contribution is 2.33. The Balaban J connectivity index is 2.28. The number of Topliss-reactive ketones (excluding diaryl/α,β-unsaturated/α-hetero) is 1. The van der Waals surface area contributed by atoms with Crippen molar-refractivity contribution in [1.82, 2.24) is 0 Å². The molecule has 0 amide bonds. The monoisotopic (exact) mass is 254 g/mol. The van der Waals surface area contributed by atoms with Gasteiger partial charge in [-0.15, -0.1) is 0 Å². The lowest BCUT2D eigenvalue weighted by molar-refractivity contribution is 0.101. The number of allylic oxidation sites excluding steroid dienone is 1. The van der Waals surface area contributed by atoms with E-state index < -0.39 is 11.6 Å². The molecule has 2 aromatic carbocycles. The highest BCUT2D eigenvalue weighted by atomic mass is 19.1. The molecule has 0 aliphatic heterocycles. The van der Waals surface area contributed by atoms with Gasteiger partial charge in [0, 0.05) is 10.9 Å². The van der Waals surface area contributed by atoms with Crippen molar-refractivity contribution in [2.75, 3.05) is 0 Å². The Morgan fingerprint density at radius 3 is 2.79 bits per heavy atom. The first-order valence-corrected chi connectivity index (χ1v) is 6.69. The Labute approximate surface area is 111 Å². The summed E-state index contributed by atoms with van der Waals surface area (Å²) in [6.07, 6.45) is 4.60. The Kier molecular flexibility index (Phi) is 2.94. The average molecular weight is 254 g/mol. The van der Waals surface area contributed by atoms with E-state index in [1.54, 1.807) is 6.07 Å². The molecule has 3 rings (SSSR count). The van der Waals surface area contributed by atoms with Crippen molar-refractivity contribution >= 4 is 22.6 Å². The maximum absolute atomic E-state index is 13.6. The Bertz CT molecular complexity index is 698. The fraction of sp³-hybridized carbons (Fsp3) is 0.235. The third-order valence-electron chi connectivity index (χ3n) is 3.71. The van der Waals surface area contributed by atoms with Crippen molar-refractivity contribution in [3.8, 4) is 0 Å². The van der Waals surface area contributed by atoms with Gasteiger partial charge >= 0.3 is 0 Å². The van der Waals surface area contributed by atoms with E-state index in [1.165, 1.54) is 11.6 Å². The number of benzene rings is 2. The van der Waals surface area contributed by atoms with Crippen LogP contribution in [0.3, 0.4) is 0 Å². The molecule has 0 spiro atoms. The first-order chi connectivity index (χ1) is 9.22. The number of rotatable bonds is 3. The van der Waals surface area contributed by atoms with Gasteiger partial charge in [0.25, 0.3) is 0 Å². The maximum Gasteiger partial charge on any atom is 0.222 e. The number of ketones is 1. The molecule has 0 saturated carbocycles. The largest absolute Gasteiger partial charge is 0.286 e. The van der Waals surface area contributed by atoms with E-state index in [1.807, 2.05) is 18.2 Å². The summed E-state index contributed by atoms with van der Waals surface area (Å²) in [5.41, 5.74) is 2.54. The van der Waals surface area contributed by atoms with Crippen LogP contribution in [0.2, 0.25) is 0 Å². The van der Waals surface area contributed by atoms with Gasteiger partial charge in [0.05, 0.1) is 0 Å². The summed E-state index contributed by atoms with van der Waals surface area (Å²) in [5.74, 6) is -1.16. The Hall–Kier alpha value is -1.96. The third-order valence-corrected chi connectivity index (χ3v) is 3.71. The number of halogens is 1. The van der Waals surface area contributed by atoms with Gasteiger partial charge < -0.3 is 0 Å². The van der Waals surface area contributed by atoms with Crippen LogP contribution in [0.4, 0.5) is 4.39 Å². The number of hydrogen-bond donors (Lipinski definition) is 0. The summed E-state index contributed by atoms with van der Waals surface area (Å²) in [6.45, 7) is 2.16. The van der Waals surface area contributed by atoms with Gasteiger partial charge in [-0.05, 0) is 35.4 Å². The molecular formula is C17H15FO. The van der Waals surface area contributed by atoms with E-state index in [-0.39, 0.29) is 0 Å².